The number of hydrogen-bond acceptors (Lipinski definition) is 5. The van der Waals surface area contributed by atoms with Gasteiger partial charge in [-0.3, -0.25) is 9.59 Å². The predicted octanol–water partition coefficient (Wildman–Crippen LogP) is 2.67. The minimum Gasteiger partial charge on any atom is -0.355 e. The molecule has 32 heavy (non-hydrogen) atoms. The Morgan fingerprint density at radius 1 is 1.12 bits per heavy atom. The number of rotatable bonds is 6. The second kappa shape index (κ2) is 12.0. The van der Waals surface area contributed by atoms with Crippen LogP contribution in [-0.2, 0) is 21.1 Å². The summed E-state index contributed by atoms with van der Waals surface area (Å²) in [4.78, 5) is 25.2. The van der Waals surface area contributed by atoms with Gasteiger partial charge in [0.2, 0.25) is 5.91 Å². The Hall–Kier alpha value is -2.42. The third-order valence-electron chi connectivity index (χ3n) is 5.03. The molecule has 2 aromatic carbocycles. The summed E-state index contributed by atoms with van der Waals surface area (Å²) in [5.41, 5.74) is 7.46. The molecule has 0 aromatic heterocycles. The number of nitrogens with two attached hydrogens (primary N) is 1. The maximum atomic E-state index is 11.9. The molecule has 1 unspecified atom stereocenters. The fourth-order valence-electron chi connectivity index (χ4n) is 3.37. The Balaban J connectivity index is 0.000000235. The average molecular weight is 480 g/mol. The third-order valence-corrected chi connectivity index (χ3v) is 6.38. The van der Waals surface area contributed by atoms with Gasteiger partial charge >= 0.3 is 0 Å². The van der Waals surface area contributed by atoms with Gasteiger partial charge in [0.15, 0.2) is 9.84 Å². The lowest BCUT2D eigenvalue weighted by atomic mass is 10.0. The van der Waals surface area contributed by atoms with Gasteiger partial charge < -0.3 is 16.0 Å². The number of likely N-dealkylation sites (tertiary alicyclic amines) is 1. The van der Waals surface area contributed by atoms with Gasteiger partial charge in [-0.25, -0.2) is 8.42 Å². The SMILES string of the molecule is CNC(=O)c1cccc(S(C)(=O)=O)c1.NC(CC(=O)N1CCCC1)Cc1cccc(Cl)c1. The summed E-state index contributed by atoms with van der Waals surface area (Å²) in [5.74, 6) is -0.113. The number of nitrogens with zero attached hydrogens (tertiary/aromatic N) is 1. The molecule has 7 nitrogen and oxygen atoms in total. The Labute approximate surface area is 194 Å². The molecule has 9 heteroatoms. The van der Waals surface area contributed by atoms with E-state index in [0.29, 0.717) is 23.4 Å². The van der Waals surface area contributed by atoms with Gasteiger partial charge in [0.05, 0.1) is 4.90 Å². The van der Waals surface area contributed by atoms with Gasteiger partial charge in [0, 0.05) is 49.4 Å². The molecule has 1 heterocycles. The Morgan fingerprint density at radius 3 is 2.38 bits per heavy atom. The topological polar surface area (TPSA) is 110 Å². The molecule has 1 atom stereocenters. The summed E-state index contributed by atoms with van der Waals surface area (Å²) < 4.78 is 22.3. The van der Waals surface area contributed by atoms with Crippen LogP contribution in [0, 0.1) is 0 Å². The van der Waals surface area contributed by atoms with Crippen molar-refractivity contribution in [2.45, 2.75) is 36.6 Å². The molecular formula is C23H30ClN3O4S. The number of nitrogens with one attached hydrogen (secondary N) is 1. The van der Waals surface area contributed by atoms with Crippen LogP contribution in [0.2, 0.25) is 5.02 Å². The molecule has 1 fully saturated rings. The van der Waals surface area contributed by atoms with Gasteiger partial charge in [-0.1, -0.05) is 29.8 Å². The van der Waals surface area contributed by atoms with Gasteiger partial charge in [-0.2, -0.15) is 0 Å². The Bertz CT molecular complexity index is 1040. The van der Waals surface area contributed by atoms with Crippen LogP contribution < -0.4 is 11.1 Å². The maximum absolute atomic E-state index is 11.9. The highest BCUT2D eigenvalue weighted by atomic mass is 35.5. The van der Waals surface area contributed by atoms with Gasteiger partial charge in [-0.05, 0) is 55.2 Å². The largest absolute Gasteiger partial charge is 0.355 e. The first-order valence-corrected chi connectivity index (χ1v) is 12.7. The van der Waals surface area contributed by atoms with Crippen LogP contribution in [0.4, 0.5) is 0 Å². The fraction of sp³-hybridized carbons (Fsp3) is 0.391. The van der Waals surface area contributed by atoms with E-state index in [1.165, 1.54) is 19.2 Å². The second-order valence-electron chi connectivity index (χ2n) is 7.77. The van der Waals surface area contributed by atoms with Gasteiger partial charge in [-0.15, -0.1) is 0 Å². The summed E-state index contributed by atoms with van der Waals surface area (Å²) in [6.45, 7) is 1.78. The Kier molecular flexibility index (Phi) is 9.68. The number of carbonyl (C=O) groups excluding carboxylic acids is 2. The van der Waals surface area contributed by atoms with E-state index in [0.717, 1.165) is 37.8 Å². The molecular weight excluding hydrogens is 450 g/mol. The fourth-order valence-corrected chi connectivity index (χ4v) is 4.25. The molecule has 0 bridgehead atoms. The van der Waals surface area contributed by atoms with E-state index in [9.17, 15) is 18.0 Å². The highest BCUT2D eigenvalue weighted by Crippen LogP contribution is 2.14. The molecule has 0 saturated carbocycles. The second-order valence-corrected chi connectivity index (χ2v) is 10.2. The van der Waals surface area contributed by atoms with Crippen molar-refractivity contribution in [1.29, 1.82) is 0 Å². The van der Waals surface area contributed by atoms with Crippen molar-refractivity contribution >= 4 is 33.3 Å². The first-order valence-electron chi connectivity index (χ1n) is 10.4. The van der Waals surface area contributed by atoms with E-state index in [1.807, 2.05) is 29.2 Å². The highest BCUT2D eigenvalue weighted by Gasteiger charge is 2.20. The lowest BCUT2D eigenvalue weighted by molar-refractivity contribution is -0.130. The minimum absolute atomic E-state index is 0.128. The van der Waals surface area contributed by atoms with E-state index >= 15 is 0 Å². The van der Waals surface area contributed by atoms with Crippen LogP contribution in [0.25, 0.3) is 0 Å². The van der Waals surface area contributed by atoms with Crippen molar-refractivity contribution in [2.75, 3.05) is 26.4 Å². The first kappa shape index (κ1) is 25.8. The number of amides is 2. The number of halogens is 1. The van der Waals surface area contributed by atoms with Crippen LogP contribution in [0.5, 0.6) is 0 Å². The van der Waals surface area contributed by atoms with Crippen LogP contribution >= 0.6 is 11.6 Å². The smallest absolute Gasteiger partial charge is 0.251 e. The lowest BCUT2D eigenvalue weighted by Crippen LogP contribution is -2.35. The monoisotopic (exact) mass is 479 g/mol. The van der Waals surface area contributed by atoms with Crippen molar-refractivity contribution in [3.63, 3.8) is 0 Å². The van der Waals surface area contributed by atoms with Crippen molar-refractivity contribution in [2.24, 2.45) is 5.73 Å². The van der Waals surface area contributed by atoms with E-state index in [2.05, 4.69) is 5.32 Å². The predicted molar refractivity (Wildman–Crippen MR) is 127 cm³/mol. The van der Waals surface area contributed by atoms with Crippen molar-refractivity contribution < 1.29 is 18.0 Å². The molecule has 1 aliphatic heterocycles. The van der Waals surface area contributed by atoms with Crippen LogP contribution in [0.15, 0.2) is 53.4 Å². The summed E-state index contributed by atoms with van der Waals surface area (Å²) >= 11 is 5.92. The van der Waals surface area contributed by atoms with Crippen LogP contribution in [0.3, 0.4) is 0 Å². The molecule has 1 aliphatic rings. The van der Waals surface area contributed by atoms with Crippen molar-refractivity contribution in [3.8, 4) is 0 Å². The normalized spacial score (nSPS) is 14.3. The molecule has 1 saturated heterocycles. The van der Waals surface area contributed by atoms with Crippen molar-refractivity contribution in [1.82, 2.24) is 10.2 Å². The zero-order valence-electron chi connectivity index (χ0n) is 18.4. The number of carbonyl (C=O) groups is 2. The van der Waals surface area contributed by atoms with Crippen LogP contribution in [-0.4, -0.2) is 57.6 Å². The van der Waals surface area contributed by atoms with E-state index in [1.54, 1.807) is 12.1 Å². The number of sulfone groups is 1. The number of hydrogen-bond donors (Lipinski definition) is 2. The molecule has 3 N–H and O–H groups in total. The summed E-state index contributed by atoms with van der Waals surface area (Å²) in [6.07, 6.45) is 4.47. The van der Waals surface area contributed by atoms with Crippen molar-refractivity contribution in [3.05, 3.63) is 64.7 Å². The quantitative estimate of drug-likeness (QED) is 0.661. The van der Waals surface area contributed by atoms with E-state index < -0.39 is 9.84 Å². The lowest BCUT2D eigenvalue weighted by Gasteiger charge is -2.18. The minimum atomic E-state index is -3.25. The molecule has 2 aromatic rings. The van der Waals surface area contributed by atoms with Gasteiger partial charge in [0.25, 0.3) is 5.91 Å². The third kappa shape index (κ3) is 8.26. The van der Waals surface area contributed by atoms with Crippen LogP contribution in [0.1, 0.15) is 35.2 Å². The summed E-state index contributed by atoms with van der Waals surface area (Å²) in [5, 5.41) is 3.14. The van der Waals surface area contributed by atoms with Gasteiger partial charge in [0.1, 0.15) is 0 Å². The van der Waals surface area contributed by atoms with E-state index in [4.69, 9.17) is 17.3 Å². The van der Waals surface area contributed by atoms with E-state index in [-0.39, 0.29) is 22.8 Å². The molecule has 0 aliphatic carbocycles. The molecule has 0 radical (unpaired) electrons. The molecule has 3 rings (SSSR count). The molecule has 2 amide bonds. The summed E-state index contributed by atoms with van der Waals surface area (Å²) in [7, 11) is -1.75. The first-order chi connectivity index (χ1) is 15.1. The standard InChI is InChI=1S/C14H19ClN2O.C9H11NO3S/c15-12-5-3-4-11(8-12)9-13(16)10-14(18)17-6-1-2-7-17;1-10-9(11)7-4-3-5-8(6-7)14(2,12)13/h3-5,8,13H,1-2,6-7,9-10,16H2;3-6H,1-2H3,(H,10,11). The summed E-state index contributed by atoms with van der Waals surface area (Å²) in [6, 6.07) is 13.4. The number of benzene rings is 2. The highest BCUT2D eigenvalue weighted by molar-refractivity contribution is 7.90. The maximum Gasteiger partial charge on any atom is 0.251 e. The zero-order valence-corrected chi connectivity index (χ0v) is 20.0. The zero-order chi connectivity index (χ0) is 23.7. The molecule has 174 valence electrons. The molecule has 0 spiro atoms. The Morgan fingerprint density at radius 2 is 1.78 bits per heavy atom. The average Bonchev–Trinajstić information content (AvgIpc) is 3.28.